The molecule has 0 saturated heterocycles. The molecule has 2 aromatic rings. The van der Waals surface area contributed by atoms with Crippen molar-refractivity contribution in [3.8, 4) is 12.3 Å². The third kappa shape index (κ3) is 3.51. The van der Waals surface area contributed by atoms with Gasteiger partial charge in [0, 0.05) is 11.8 Å². The summed E-state index contributed by atoms with van der Waals surface area (Å²) >= 11 is 0. The second-order valence-corrected chi connectivity index (χ2v) is 4.49. The number of carbonyl (C=O) groups is 2. The van der Waals surface area contributed by atoms with Crippen molar-refractivity contribution in [2.75, 3.05) is 5.32 Å². The van der Waals surface area contributed by atoms with Gasteiger partial charge in [-0.3, -0.25) is 4.79 Å². The lowest BCUT2D eigenvalue weighted by Gasteiger charge is -2.14. The number of rotatable bonds is 4. The van der Waals surface area contributed by atoms with Gasteiger partial charge in [-0.25, -0.2) is 4.79 Å². The molecular formula is C16H15N3O2. The van der Waals surface area contributed by atoms with Crippen LogP contribution in [0.1, 0.15) is 6.42 Å². The van der Waals surface area contributed by atoms with Crippen LogP contribution in [0.5, 0.6) is 0 Å². The maximum Gasteiger partial charge on any atom is 0.319 e. The summed E-state index contributed by atoms with van der Waals surface area (Å²) in [6, 6.07) is 11.8. The number of anilines is 1. The van der Waals surface area contributed by atoms with Crippen LogP contribution in [0, 0.1) is 12.3 Å². The maximum absolute atomic E-state index is 11.9. The zero-order valence-corrected chi connectivity index (χ0v) is 11.3. The number of carbonyl (C=O) groups excluding carboxylic acids is 2. The van der Waals surface area contributed by atoms with Crippen LogP contribution in [0.3, 0.4) is 0 Å². The number of nitrogens with one attached hydrogen (secondary N) is 2. The van der Waals surface area contributed by atoms with Gasteiger partial charge in [-0.1, -0.05) is 36.4 Å². The lowest BCUT2D eigenvalue weighted by molar-refractivity contribution is -0.119. The van der Waals surface area contributed by atoms with Crippen molar-refractivity contribution in [1.29, 1.82) is 0 Å². The number of nitrogens with two attached hydrogens (primary N) is 1. The third-order valence-corrected chi connectivity index (χ3v) is 3.01. The summed E-state index contributed by atoms with van der Waals surface area (Å²) < 4.78 is 0. The smallest absolute Gasteiger partial charge is 0.319 e. The van der Waals surface area contributed by atoms with E-state index in [9.17, 15) is 9.59 Å². The van der Waals surface area contributed by atoms with E-state index in [0.717, 1.165) is 10.8 Å². The topological polar surface area (TPSA) is 84.2 Å². The zero-order valence-electron chi connectivity index (χ0n) is 11.3. The standard InChI is InChI=1S/C16H15N3O2/c1-2-6-14(15(17)20)19-16(21)18-13-10-5-8-11-7-3-4-9-12(11)13/h1,3-5,7-10,14H,6H2,(H2,17,20)(H2,18,19,21)/t14-/m0/s1. The van der Waals surface area contributed by atoms with Crippen molar-refractivity contribution in [3.63, 3.8) is 0 Å². The molecule has 0 aliphatic carbocycles. The second-order valence-electron chi connectivity index (χ2n) is 4.49. The molecule has 0 fully saturated rings. The van der Waals surface area contributed by atoms with Gasteiger partial charge in [-0.2, -0.15) is 0 Å². The molecule has 0 radical (unpaired) electrons. The van der Waals surface area contributed by atoms with E-state index in [4.69, 9.17) is 12.2 Å². The summed E-state index contributed by atoms with van der Waals surface area (Å²) in [5.74, 6) is 1.64. The number of benzene rings is 2. The summed E-state index contributed by atoms with van der Waals surface area (Å²) in [6.07, 6.45) is 5.19. The summed E-state index contributed by atoms with van der Waals surface area (Å²) in [6.45, 7) is 0. The highest BCUT2D eigenvalue weighted by Crippen LogP contribution is 2.22. The first-order valence-electron chi connectivity index (χ1n) is 6.40. The number of fused-ring (bicyclic) bond motifs is 1. The highest BCUT2D eigenvalue weighted by Gasteiger charge is 2.17. The fourth-order valence-electron chi connectivity index (χ4n) is 1.99. The Hall–Kier alpha value is -3.00. The van der Waals surface area contributed by atoms with E-state index < -0.39 is 18.0 Å². The average Bonchev–Trinajstić information content (AvgIpc) is 2.47. The van der Waals surface area contributed by atoms with Gasteiger partial charge >= 0.3 is 6.03 Å². The van der Waals surface area contributed by atoms with E-state index in [0.29, 0.717) is 5.69 Å². The van der Waals surface area contributed by atoms with Gasteiger partial charge in [0.05, 0.1) is 5.69 Å². The molecule has 1 atom stereocenters. The van der Waals surface area contributed by atoms with Crippen LogP contribution in [0.2, 0.25) is 0 Å². The lowest BCUT2D eigenvalue weighted by Crippen LogP contribution is -2.45. The van der Waals surface area contributed by atoms with Gasteiger partial charge in [-0.15, -0.1) is 12.3 Å². The minimum Gasteiger partial charge on any atom is -0.368 e. The first kappa shape index (κ1) is 14.4. The molecule has 4 N–H and O–H groups in total. The molecule has 5 heteroatoms. The van der Waals surface area contributed by atoms with Crippen LogP contribution >= 0.6 is 0 Å². The van der Waals surface area contributed by atoms with Crippen LogP contribution in [-0.2, 0) is 4.79 Å². The summed E-state index contributed by atoms with van der Waals surface area (Å²) in [5.41, 5.74) is 5.83. The highest BCUT2D eigenvalue weighted by molar-refractivity contribution is 6.02. The van der Waals surface area contributed by atoms with Crippen LogP contribution < -0.4 is 16.4 Å². The van der Waals surface area contributed by atoms with E-state index in [-0.39, 0.29) is 6.42 Å². The van der Waals surface area contributed by atoms with Gasteiger partial charge in [0.15, 0.2) is 0 Å². The molecule has 0 spiro atoms. The van der Waals surface area contributed by atoms with E-state index in [2.05, 4.69) is 16.6 Å². The molecule has 0 bridgehead atoms. The van der Waals surface area contributed by atoms with Crippen molar-refractivity contribution < 1.29 is 9.59 Å². The highest BCUT2D eigenvalue weighted by atomic mass is 16.2. The van der Waals surface area contributed by atoms with Gasteiger partial charge < -0.3 is 16.4 Å². The Morgan fingerprint density at radius 2 is 1.90 bits per heavy atom. The first-order valence-corrected chi connectivity index (χ1v) is 6.40. The third-order valence-electron chi connectivity index (χ3n) is 3.01. The van der Waals surface area contributed by atoms with Gasteiger partial charge in [0.1, 0.15) is 6.04 Å². The van der Waals surface area contributed by atoms with Crippen molar-refractivity contribution in [1.82, 2.24) is 5.32 Å². The van der Waals surface area contributed by atoms with E-state index in [1.807, 2.05) is 36.4 Å². The number of urea groups is 1. The normalized spacial score (nSPS) is 11.4. The number of primary amides is 1. The number of terminal acetylenes is 1. The molecule has 106 valence electrons. The minimum absolute atomic E-state index is 0.0539. The van der Waals surface area contributed by atoms with Crippen molar-refractivity contribution in [3.05, 3.63) is 42.5 Å². The second kappa shape index (κ2) is 6.44. The zero-order chi connectivity index (χ0) is 15.2. The monoisotopic (exact) mass is 281 g/mol. The Morgan fingerprint density at radius 1 is 1.19 bits per heavy atom. The Morgan fingerprint density at radius 3 is 2.62 bits per heavy atom. The predicted molar refractivity (Wildman–Crippen MR) is 82.5 cm³/mol. The van der Waals surface area contributed by atoms with Gasteiger partial charge in [0.25, 0.3) is 0 Å². The fourth-order valence-corrected chi connectivity index (χ4v) is 1.99. The molecule has 0 saturated carbocycles. The molecule has 5 nitrogen and oxygen atoms in total. The van der Waals surface area contributed by atoms with Crippen LogP contribution in [0.15, 0.2) is 42.5 Å². The SMILES string of the molecule is C#CC[C@H](NC(=O)Nc1cccc2ccccc12)C(N)=O. The van der Waals surface area contributed by atoms with Crippen molar-refractivity contribution in [2.24, 2.45) is 5.73 Å². The molecule has 21 heavy (non-hydrogen) atoms. The molecule has 0 aliphatic heterocycles. The molecule has 0 heterocycles. The van der Waals surface area contributed by atoms with Gasteiger partial charge in [0.2, 0.25) is 5.91 Å². The minimum atomic E-state index is -0.884. The average molecular weight is 281 g/mol. The van der Waals surface area contributed by atoms with Crippen LogP contribution in [-0.4, -0.2) is 18.0 Å². The molecule has 2 rings (SSSR count). The van der Waals surface area contributed by atoms with Crippen LogP contribution in [0.4, 0.5) is 10.5 Å². The summed E-state index contributed by atoms with van der Waals surface area (Å²) in [4.78, 5) is 23.1. The number of hydrogen-bond donors (Lipinski definition) is 3. The Kier molecular flexibility index (Phi) is 4.42. The van der Waals surface area contributed by atoms with Crippen LogP contribution in [0.25, 0.3) is 10.8 Å². The molecular weight excluding hydrogens is 266 g/mol. The molecule has 2 aromatic carbocycles. The molecule has 0 aliphatic rings. The quantitative estimate of drug-likeness (QED) is 0.747. The maximum atomic E-state index is 11.9. The van der Waals surface area contributed by atoms with E-state index in [1.54, 1.807) is 6.07 Å². The number of hydrogen-bond acceptors (Lipinski definition) is 2. The number of amides is 3. The van der Waals surface area contributed by atoms with E-state index >= 15 is 0 Å². The first-order chi connectivity index (χ1) is 10.1. The molecule has 0 aromatic heterocycles. The van der Waals surface area contributed by atoms with Gasteiger partial charge in [-0.05, 0) is 11.5 Å². The summed E-state index contributed by atoms with van der Waals surface area (Å²) in [5, 5.41) is 7.08. The Bertz CT molecular complexity index is 714. The molecule has 0 unspecified atom stereocenters. The van der Waals surface area contributed by atoms with Crippen molar-refractivity contribution >= 4 is 28.4 Å². The Labute approximate surface area is 122 Å². The Balaban J connectivity index is 2.15. The lowest BCUT2D eigenvalue weighted by atomic mass is 10.1. The predicted octanol–water partition coefficient (Wildman–Crippen LogP) is 1.84. The summed E-state index contributed by atoms with van der Waals surface area (Å²) in [7, 11) is 0. The largest absolute Gasteiger partial charge is 0.368 e. The fraction of sp³-hybridized carbons (Fsp3) is 0.125. The molecule has 3 amide bonds. The van der Waals surface area contributed by atoms with Crippen molar-refractivity contribution in [2.45, 2.75) is 12.5 Å². The van der Waals surface area contributed by atoms with E-state index in [1.165, 1.54) is 0 Å².